The molecule has 4 N–H and O–H groups in total. The zero-order valence-corrected chi connectivity index (χ0v) is 14.7. The minimum absolute atomic E-state index is 0.0895. The summed E-state index contributed by atoms with van der Waals surface area (Å²) in [6, 6.07) is 8.01. The second-order valence-corrected chi connectivity index (χ2v) is 6.60. The normalized spacial score (nSPS) is 10.3. The van der Waals surface area contributed by atoms with E-state index in [1.165, 1.54) is 6.07 Å². The zero-order valence-electron chi connectivity index (χ0n) is 9.95. The highest BCUT2D eigenvalue weighted by atomic mass is 79.9. The third-order valence-electron chi connectivity index (χ3n) is 2.51. The highest BCUT2D eigenvalue weighted by molar-refractivity contribution is 9.11. The third-order valence-corrected chi connectivity index (χ3v) is 4.25. The van der Waals surface area contributed by atoms with Gasteiger partial charge in [-0.15, -0.1) is 0 Å². The number of anilines is 2. The molecule has 0 aliphatic heterocycles. The highest BCUT2D eigenvalue weighted by Gasteiger charge is 2.15. The van der Waals surface area contributed by atoms with Crippen LogP contribution in [0.3, 0.4) is 0 Å². The second-order valence-electron chi connectivity index (χ2n) is 3.98. The number of carbonyl (C=O) groups excluding carboxylic acids is 1. The Morgan fingerprint density at radius 3 is 2.30 bits per heavy atom. The number of nitrogens with one attached hydrogen (secondary N) is 1. The molecule has 4 nitrogen and oxygen atoms in total. The molecule has 0 aromatic heterocycles. The maximum absolute atomic E-state index is 12.2. The van der Waals surface area contributed by atoms with Gasteiger partial charge in [-0.2, -0.15) is 0 Å². The Bertz CT molecular complexity index is 666. The number of halogens is 3. The Kier molecular flexibility index (Phi) is 4.72. The van der Waals surface area contributed by atoms with Crippen molar-refractivity contribution in [1.82, 2.24) is 0 Å². The summed E-state index contributed by atoms with van der Waals surface area (Å²) in [4.78, 5) is 12.2. The van der Waals surface area contributed by atoms with Crippen molar-refractivity contribution in [3.05, 3.63) is 49.3 Å². The molecule has 7 heteroatoms. The van der Waals surface area contributed by atoms with Crippen LogP contribution in [0.2, 0.25) is 0 Å². The lowest BCUT2D eigenvalue weighted by molar-refractivity contribution is 0.102. The molecule has 0 aliphatic carbocycles. The van der Waals surface area contributed by atoms with Crippen molar-refractivity contribution in [3.8, 4) is 5.75 Å². The molecule has 20 heavy (non-hydrogen) atoms. The summed E-state index contributed by atoms with van der Waals surface area (Å²) in [5.41, 5.74) is 6.98. The number of amides is 1. The molecule has 1 amide bonds. The molecule has 0 fully saturated rings. The fourth-order valence-corrected chi connectivity index (χ4v) is 3.36. The van der Waals surface area contributed by atoms with Gasteiger partial charge in [0.2, 0.25) is 0 Å². The van der Waals surface area contributed by atoms with Crippen molar-refractivity contribution in [2.45, 2.75) is 0 Å². The summed E-state index contributed by atoms with van der Waals surface area (Å²) in [5, 5.41) is 12.5. The molecule has 0 radical (unpaired) electrons. The van der Waals surface area contributed by atoms with Gasteiger partial charge in [0.1, 0.15) is 5.75 Å². The van der Waals surface area contributed by atoms with Crippen molar-refractivity contribution in [2.24, 2.45) is 0 Å². The highest BCUT2D eigenvalue weighted by Crippen LogP contribution is 2.34. The first-order chi connectivity index (χ1) is 9.38. The number of hydrogen-bond acceptors (Lipinski definition) is 3. The van der Waals surface area contributed by atoms with Crippen LogP contribution < -0.4 is 11.1 Å². The fraction of sp³-hybridized carbons (Fsp3) is 0. The Labute approximate surface area is 140 Å². The van der Waals surface area contributed by atoms with E-state index in [0.717, 1.165) is 0 Å². The monoisotopic (exact) mass is 462 g/mol. The van der Waals surface area contributed by atoms with Gasteiger partial charge in [0.25, 0.3) is 5.91 Å². The first-order valence-corrected chi connectivity index (χ1v) is 7.81. The molecular weight excluding hydrogens is 456 g/mol. The van der Waals surface area contributed by atoms with Crippen LogP contribution >= 0.6 is 47.8 Å². The van der Waals surface area contributed by atoms with Crippen LogP contribution in [0.5, 0.6) is 5.75 Å². The molecule has 104 valence electrons. The lowest BCUT2D eigenvalue weighted by Crippen LogP contribution is -2.13. The van der Waals surface area contributed by atoms with Gasteiger partial charge in [-0.05, 0) is 62.2 Å². The fourth-order valence-electron chi connectivity index (χ4n) is 1.58. The quantitative estimate of drug-likeness (QED) is 0.572. The molecule has 2 aromatic rings. The van der Waals surface area contributed by atoms with E-state index < -0.39 is 5.91 Å². The molecule has 0 saturated carbocycles. The maximum atomic E-state index is 12.2. The molecule has 0 aliphatic rings. The largest absolute Gasteiger partial charge is 0.507 e. The first kappa shape index (κ1) is 15.3. The molecule has 0 spiro atoms. The minimum atomic E-state index is -0.421. The number of rotatable bonds is 2. The van der Waals surface area contributed by atoms with Crippen LogP contribution in [0.25, 0.3) is 0 Å². The summed E-state index contributed by atoms with van der Waals surface area (Å²) in [6.45, 7) is 0. The SMILES string of the molecule is Nc1cc(Br)c(NC(=O)c2cc(Br)ccc2O)c(Br)c1. The first-order valence-electron chi connectivity index (χ1n) is 5.43. The number of benzene rings is 2. The van der Waals surface area contributed by atoms with E-state index in [9.17, 15) is 9.90 Å². The van der Waals surface area contributed by atoms with E-state index in [1.807, 2.05) is 0 Å². The van der Waals surface area contributed by atoms with Gasteiger partial charge in [0.05, 0.1) is 11.3 Å². The lowest BCUT2D eigenvalue weighted by atomic mass is 10.2. The van der Waals surface area contributed by atoms with Crippen LogP contribution in [-0.4, -0.2) is 11.0 Å². The summed E-state index contributed by atoms with van der Waals surface area (Å²) >= 11 is 9.93. The number of hydrogen-bond donors (Lipinski definition) is 3. The van der Waals surface area contributed by atoms with Crippen molar-refractivity contribution < 1.29 is 9.90 Å². The lowest BCUT2D eigenvalue weighted by Gasteiger charge is -2.11. The molecule has 0 saturated heterocycles. The molecule has 2 aromatic carbocycles. The number of nitrogens with two attached hydrogens (primary N) is 1. The van der Waals surface area contributed by atoms with Crippen LogP contribution in [0.1, 0.15) is 10.4 Å². The van der Waals surface area contributed by atoms with Crippen LogP contribution in [-0.2, 0) is 0 Å². The Hall–Kier alpha value is -1.05. The van der Waals surface area contributed by atoms with Crippen LogP contribution in [0.4, 0.5) is 11.4 Å². The number of phenols is 1. The van der Waals surface area contributed by atoms with E-state index in [0.29, 0.717) is 24.8 Å². The summed E-state index contributed by atoms with van der Waals surface area (Å²) in [6.07, 6.45) is 0. The maximum Gasteiger partial charge on any atom is 0.259 e. The number of nitrogen functional groups attached to an aromatic ring is 1. The molecule has 2 rings (SSSR count). The standard InChI is InChI=1S/C13H9Br3N2O2/c14-6-1-2-11(19)8(3-6)13(20)18-12-9(15)4-7(17)5-10(12)16/h1-5,19H,17H2,(H,18,20). The minimum Gasteiger partial charge on any atom is -0.507 e. The van der Waals surface area contributed by atoms with Gasteiger partial charge in [-0.3, -0.25) is 4.79 Å². The van der Waals surface area contributed by atoms with Crippen molar-refractivity contribution in [2.75, 3.05) is 11.1 Å². The smallest absolute Gasteiger partial charge is 0.259 e. The van der Waals surface area contributed by atoms with Crippen molar-refractivity contribution >= 4 is 65.1 Å². The Morgan fingerprint density at radius 2 is 1.70 bits per heavy atom. The Balaban J connectivity index is 2.35. The van der Waals surface area contributed by atoms with Crippen LogP contribution in [0.15, 0.2) is 43.7 Å². The molecule has 0 atom stereocenters. The number of aromatic hydroxyl groups is 1. The molecule has 0 unspecified atom stereocenters. The van der Waals surface area contributed by atoms with Gasteiger partial charge in [-0.25, -0.2) is 0 Å². The zero-order chi connectivity index (χ0) is 14.9. The van der Waals surface area contributed by atoms with E-state index in [1.54, 1.807) is 24.3 Å². The number of phenolic OH excluding ortho intramolecular Hbond substituents is 1. The molecular formula is C13H9Br3N2O2. The van der Waals surface area contributed by atoms with Gasteiger partial charge in [0.15, 0.2) is 0 Å². The molecule has 0 bridgehead atoms. The third kappa shape index (κ3) is 3.34. The van der Waals surface area contributed by atoms with Crippen molar-refractivity contribution in [3.63, 3.8) is 0 Å². The Morgan fingerprint density at radius 1 is 1.10 bits per heavy atom. The van der Waals surface area contributed by atoms with Gasteiger partial charge in [0, 0.05) is 19.1 Å². The predicted molar refractivity (Wildman–Crippen MR) is 90.0 cm³/mol. The van der Waals surface area contributed by atoms with Gasteiger partial charge < -0.3 is 16.2 Å². The topological polar surface area (TPSA) is 75.3 Å². The summed E-state index contributed by atoms with van der Waals surface area (Å²) in [5.74, 6) is -0.511. The van der Waals surface area contributed by atoms with E-state index >= 15 is 0 Å². The predicted octanol–water partition coefficient (Wildman–Crippen LogP) is 4.51. The summed E-state index contributed by atoms with van der Waals surface area (Å²) in [7, 11) is 0. The number of carbonyl (C=O) groups is 1. The average Bonchev–Trinajstić information content (AvgIpc) is 2.36. The van der Waals surface area contributed by atoms with Gasteiger partial charge in [-0.1, -0.05) is 15.9 Å². The second kappa shape index (κ2) is 6.15. The van der Waals surface area contributed by atoms with E-state index in [4.69, 9.17) is 5.73 Å². The van der Waals surface area contributed by atoms with E-state index in [2.05, 4.69) is 53.1 Å². The summed E-state index contributed by atoms with van der Waals surface area (Å²) < 4.78 is 2.00. The van der Waals surface area contributed by atoms with Gasteiger partial charge >= 0.3 is 0 Å². The van der Waals surface area contributed by atoms with E-state index in [-0.39, 0.29) is 11.3 Å². The average molecular weight is 465 g/mol. The van der Waals surface area contributed by atoms with Crippen molar-refractivity contribution in [1.29, 1.82) is 0 Å². The molecule has 0 heterocycles. The van der Waals surface area contributed by atoms with Crippen LogP contribution in [0, 0.1) is 0 Å².